The normalized spacial score (nSPS) is 9.89. The number of hydrogen-bond donors (Lipinski definition) is 0. The number of carbonyl (C=O) groups is 1. The Hall–Kier alpha value is -1.02. The van der Waals surface area contributed by atoms with E-state index in [2.05, 4.69) is 13.8 Å². The van der Waals surface area contributed by atoms with Crippen LogP contribution in [0.2, 0.25) is 5.02 Å². The minimum atomic E-state index is 0.304. The molecule has 0 aliphatic rings. The van der Waals surface area contributed by atoms with Crippen molar-refractivity contribution in [1.29, 1.82) is 0 Å². The molecule has 2 nitrogen and oxygen atoms in total. The number of methoxy groups -OCH3 is 1. The van der Waals surface area contributed by atoms with Crippen LogP contribution < -0.4 is 4.74 Å². The molecule has 0 saturated carbocycles. The second-order valence-electron chi connectivity index (χ2n) is 5.21. The molecule has 0 unspecified atom stereocenters. The number of ether oxygens (including phenoxy) is 1. The Balaban J connectivity index is 0.000000362. The molecule has 0 spiro atoms. The molecule has 0 aliphatic heterocycles. The molecule has 19 heavy (non-hydrogen) atoms. The molecule has 3 heteroatoms. The van der Waals surface area contributed by atoms with Crippen LogP contribution in [-0.4, -0.2) is 12.9 Å². The van der Waals surface area contributed by atoms with Crippen molar-refractivity contribution in [3.63, 3.8) is 0 Å². The first-order valence-corrected chi connectivity index (χ1v) is 6.95. The number of hydrogen-bond acceptors (Lipinski definition) is 2. The summed E-state index contributed by atoms with van der Waals surface area (Å²) in [5.74, 6) is 1.83. The Bertz CT molecular complexity index is 411. The molecule has 0 atom stereocenters. The quantitative estimate of drug-likeness (QED) is 0.780. The monoisotopic (exact) mass is 284 g/mol. The second-order valence-corrected chi connectivity index (χ2v) is 5.62. The first-order valence-electron chi connectivity index (χ1n) is 6.58. The van der Waals surface area contributed by atoms with Crippen LogP contribution in [0, 0.1) is 19.8 Å². The van der Waals surface area contributed by atoms with Gasteiger partial charge in [-0.3, -0.25) is 0 Å². The zero-order chi connectivity index (χ0) is 15.0. The van der Waals surface area contributed by atoms with Crippen molar-refractivity contribution >= 4 is 17.4 Å². The van der Waals surface area contributed by atoms with Crippen molar-refractivity contribution in [3.8, 4) is 5.75 Å². The minimum Gasteiger partial charge on any atom is -0.496 e. The van der Waals surface area contributed by atoms with Gasteiger partial charge >= 0.3 is 0 Å². The van der Waals surface area contributed by atoms with E-state index in [1.165, 1.54) is 0 Å². The van der Waals surface area contributed by atoms with Crippen molar-refractivity contribution in [1.82, 2.24) is 0 Å². The Morgan fingerprint density at radius 3 is 2.26 bits per heavy atom. The molecule has 0 saturated heterocycles. The summed E-state index contributed by atoms with van der Waals surface area (Å²) in [7, 11) is 1.65. The molecule has 0 N–H and O–H groups in total. The average molecular weight is 285 g/mol. The smallest absolute Gasteiger partial charge is 0.129 e. The number of Topliss-reactive ketones (excluding diaryl/α,β-unsaturated/α-hetero) is 1. The zero-order valence-corrected chi connectivity index (χ0v) is 13.6. The van der Waals surface area contributed by atoms with Gasteiger partial charge in [0.15, 0.2) is 0 Å². The summed E-state index contributed by atoms with van der Waals surface area (Å²) in [4.78, 5) is 10.3. The van der Waals surface area contributed by atoms with Crippen LogP contribution in [0.4, 0.5) is 0 Å². The maximum atomic E-state index is 10.3. The van der Waals surface area contributed by atoms with E-state index in [0.717, 1.165) is 34.7 Å². The highest BCUT2D eigenvalue weighted by molar-refractivity contribution is 6.31. The number of halogens is 1. The lowest BCUT2D eigenvalue weighted by molar-refractivity contribution is -0.117. The fourth-order valence-corrected chi connectivity index (χ4v) is 1.75. The van der Waals surface area contributed by atoms with Crippen molar-refractivity contribution in [2.45, 2.75) is 47.5 Å². The van der Waals surface area contributed by atoms with E-state index in [1.54, 1.807) is 14.0 Å². The topological polar surface area (TPSA) is 26.3 Å². The summed E-state index contributed by atoms with van der Waals surface area (Å²) in [6, 6.07) is 3.90. The van der Waals surface area contributed by atoms with Gasteiger partial charge in [0.05, 0.1) is 7.11 Å². The number of rotatable bonds is 4. The minimum absolute atomic E-state index is 0.304. The summed E-state index contributed by atoms with van der Waals surface area (Å²) in [6.45, 7) is 9.84. The molecule has 0 bridgehead atoms. The van der Waals surface area contributed by atoms with Gasteiger partial charge in [0.1, 0.15) is 11.5 Å². The maximum Gasteiger partial charge on any atom is 0.129 e. The van der Waals surface area contributed by atoms with Gasteiger partial charge in [-0.2, -0.15) is 0 Å². The van der Waals surface area contributed by atoms with Gasteiger partial charge in [-0.25, -0.2) is 0 Å². The fraction of sp³-hybridized carbons (Fsp3) is 0.562. The number of ketones is 1. The summed E-state index contributed by atoms with van der Waals surface area (Å²) in [5.41, 5.74) is 2.12. The van der Waals surface area contributed by atoms with Crippen LogP contribution in [0.1, 0.15) is 44.7 Å². The Morgan fingerprint density at radius 2 is 1.89 bits per heavy atom. The summed E-state index contributed by atoms with van der Waals surface area (Å²) >= 11 is 5.92. The van der Waals surface area contributed by atoms with Crippen molar-refractivity contribution in [3.05, 3.63) is 28.3 Å². The summed E-state index contributed by atoms with van der Waals surface area (Å²) in [5, 5.41) is 0.766. The highest BCUT2D eigenvalue weighted by Crippen LogP contribution is 2.26. The Morgan fingerprint density at radius 1 is 1.32 bits per heavy atom. The van der Waals surface area contributed by atoms with Crippen LogP contribution in [0.25, 0.3) is 0 Å². The summed E-state index contributed by atoms with van der Waals surface area (Å²) in [6.07, 6.45) is 1.78. The molecule has 1 aromatic rings. The lowest BCUT2D eigenvalue weighted by atomic mass is 10.1. The first kappa shape index (κ1) is 18.0. The third-order valence-corrected chi connectivity index (χ3v) is 3.13. The lowest BCUT2D eigenvalue weighted by Gasteiger charge is -2.06. The van der Waals surface area contributed by atoms with E-state index in [-0.39, 0.29) is 0 Å². The molecule has 0 heterocycles. The van der Waals surface area contributed by atoms with Gasteiger partial charge in [-0.1, -0.05) is 25.4 Å². The van der Waals surface area contributed by atoms with E-state index in [0.29, 0.717) is 11.7 Å². The zero-order valence-electron chi connectivity index (χ0n) is 12.8. The molecule has 0 amide bonds. The van der Waals surface area contributed by atoms with Crippen molar-refractivity contribution in [2.75, 3.05) is 7.11 Å². The van der Waals surface area contributed by atoms with Gasteiger partial charge in [0, 0.05) is 17.0 Å². The Labute approximate surface area is 122 Å². The second kappa shape index (κ2) is 8.98. The standard InChI is InChI=1S/C9H11ClO.C7H14O/c1-6-4-8(10)7(2)9(5-6)11-3;1-6(2)4-5-7(3)8/h4-5H,1-3H3;6H,4-5H2,1-3H3. The highest BCUT2D eigenvalue weighted by Gasteiger charge is 2.02. The van der Waals surface area contributed by atoms with Gasteiger partial charge < -0.3 is 9.53 Å². The third-order valence-electron chi connectivity index (χ3n) is 2.73. The summed E-state index contributed by atoms with van der Waals surface area (Å²) < 4.78 is 5.12. The predicted molar refractivity (Wildman–Crippen MR) is 82.2 cm³/mol. The Kier molecular flexibility index (Phi) is 8.49. The molecule has 0 fully saturated rings. The SMILES string of the molecule is CC(=O)CCC(C)C.COc1cc(C)cc(Cl)c1C. The van der Waals surface area contributed by atoms with E-state index in [4.69, 9.17) is 16.3 Å². The molecule has 1 rings (SSSR count). The molecular weight excluding hydrogens is 260 g/mol. The molecular formula is C16H25ClO2. The van der Waals surface area contributed by atoms with Crippen LogP contribution in [0.5, 0.6) is 5.75 Å². The van der Waals surface area contributed by atoms with Gasteiger partial charge in [0.2, 0.25) is 0 Å². The van der Waals surface area contributed by atoms with Gasteiger partial charge in [-0.15, -0.1) is 0 Å². The molecule has 0 aliphatic carbocycles. The third kappa shape index (κ3) is 7.89. The van der Waals surface area contributed by atoms with Crippen LogP contribution >= 0.6 is 11.6 Å². The molecule has 0 radical (unpaired) electrons. The first-order chi connectivity index (χ1) is 8.77. The maximum absolute atomic E-state index is 10.3. The van der Waals surface area contributed by atoms with E-state index < -0.39 is 0 Å². The van der Waals surface area contributed by atoms with E-state index in [1.807, 2.05) is 26.0 Å². The molecule has 108 valence electrons. The van der Waals surface area contributed by atoms with Gasteiger partial charge in [0.25, 0.3) is 0 Å². The molecule has 1 aromatic carbocycles. The van der Waals surface area contributed by atoms with E-state index in [9.17, 15) is 4.79 Å². The van der Waals surface area contributed by atoms with Gasteiger partial charge in [-0.05, 0) is 50.8 Å². The van der Waals surface area contributed by atoms with Crippen molar-refractivity contribution in [2.24, 2.45) is 5.92 Å². The van der Waals surface area contributed by atoms with Crippen LogP contribution in [0.15, 0.2) is 12.1 Å². The van der Waals surface area contributed by atoms with Crippen LogP contribution in [-0.2, 0) is 4.79 Å². The number of carbonyl (C=O) groups excluding carboxylic acids is 1. The highest BCUT2D eigenvalue weighted by atomic mass is 35.5. The average Bonchev–Trinajstić information content (AvgIpc) is 2.32. The lowest BCUT2D eigenvalue weighted by Crippen LogP contribution is -1.93. The van der Waals surface area contributed by atoms with Crippen LogP contribution in [0.3, 0.4) is 0 Å². The number of aryl methyl sites for hydroxylation is 1. The number of benzene rings is 1. The largest absolute Gasteiger partial charge is 0.496 e. The van der Waals surface area contributed by atoms with E-state index >= 15 is 0 Å². The fourth-order valence-electron chi connectivity index (χ4n) is 1.49. The predicted octanol–water partition coefficient (Wildman–Crippen LogP) is 4.98. The van der Waals surface area contributed by atoms with Crippen molar-refractivity contribution < 1.29 is 9.53 Å². The molecule has 0 aromatic heterocycles.